The molecule has 0 saturated carbocycles. The largest absolute Gasteiger partial charge is 0.386 e. The van der Waals surface area contributed by atoms with Gasteiger partial charge in [-0.25, -0.2) is 0 Å². The molecule has 1 unspecified atom stereocenters. The molecule has 2 N–H and O–H groups in total. The summed E-state index contributed by atoms with van der Waals surface area (Å²) < 4.78 is 5.02. The molecule has 1 aliphatic heterocycles. The van der Waals surface area contributed by atoms with Crippen LogP contribution < -0.4 is 5.32 Å². The minimum absolute atomic E-state index is 0.374. The van der Waals surface area contributed by atoms with Crippen LogP contribution in [0.2, 0.25) is 0 Å². The fraction of sp³-hybridized carbons (Fsp3) is 0.556. The molecule has 2 heterocycles. The van der Waals surface area contributed by atoms with Crippen LogP contribution in [0.25, 0.3) is 0 Å². The van der Waals surface area contributed by atoms with Crippen LogP contribution in [0.4, 0.5) is 0 Å². The van der Waals surface area contributed by atoms with Gasteiger partial charge in [0.2, 0.25) is 0 Å². The minimum atomic E-state index is -0.374. The van der Waals surface area contributed by atoms with Crippen molar-refractivity contribution in [3.8, 4) is 0 Å². The van der Waals surface area contributed by atoms with Gasteiger partial charge in [0.1, 0.15) is 6.10 Å². The number of nitrogens with one attached hydrogen (secondary N) is 1. The van der Waals surface area contributed by atoms with Gasteiger partial charge in [-0.15, -0.1) is 11.3 Å². The predicted molar refractivity (Wildman–Crippen MR) is 51.9 cm³/mol. The molecule has 1 aromatic heterocycles. The Morgan fingerprint density at radius 3 is 3.08 bits per heavy atom. The SMILES string of the molecule is OC(CNC1COC1)c1cccs1. The zero-order chi connectivity index (χ0) is 9.10. The Hall–Kier alpha value is -0.420. The molecule has 0 amide bonds. The molecule has 1 aliphatic rings. The van der Waals surface area contributed by atoms with Crippen LogP contribution in [-0.4, -0.2) is 30.9 Å². The fourth-order valence-electron chi connectivity index (χ4n) is 1.21. The Labute approximate surface area is 81.3 Å². The van der Waals surface area contributed by atoms with Gasteiger partial charge in [0.05, 0.1) is 19.3 Å². The molecule has 0 radical (unpaired) electrons. The molecule has 2 rings (SSSR count). The Morgan fingerprint density at radius 1 is 1.69 bits per heavy atom. The minimum Gasteiger partial charge on any atom is -0.386 e. The molecule has 1 aromatic rings. The standard InChI is InChI=1S/C9H13NO2S/c11-8(9-2-1-3-13-9)4-10-7-5-12-6-7/h1-3,7-8,10-11H,4-6H2. The van der Waals surface area contributed by atoms with E-state index in [1.165, 1.54) is 0 Å². The molecular formula is C9H13NO2S. The number of rotatable bonds is 4. The van der Waals surface area contributed by atoms with Crippen LogP contribution >= 0.6 is 11.3 Å². The monoisotopic (exact) mass is 199 g/mol. The van der Waals surface area contributed by atoms with Crippen molar-refractivity contribution in [1.29, 1.82) is 0 Å². The Kier molecular flexibility index (Phi) is 2.95. The first kappa shape index (κ1) is 9.15. The lowest BCUT2D eigenvalue weighted by molar-refractivity contribution is -0.00967. The van der Waals surface area contributed by atoms with Gasteiger partial charge in [-0.05, 0) is 11.4 Å². The normalized spacial score (nSPS) is 19.8. The van der Waals surface area contributed by atoms with E-state index in [0.29, 0.717) is 12.6 Å². The summed E-state index contributed by atoms with van der Waals surface area (Å²) in [6.07, 6.45) is -0.374. The second-order valence-electron chi connectivity index (χ2n) is 3.17. The number of hydrogen-bond donors (Lipinski definition) is 2. The van der Waals surface area contributed by atoms with Crippen LogP contribution in [0.15, 0.2) is 17.5 Å². The highest BCUT2D eigenvalue weighted by Crippen LogP contribution is 2.18. The summed E-state index contributed by atoms with van der Waals surface area (Å²) in [6, 6.07) is 4.35. The van der Waals surface area contributed by atoms with E-state index in [1.807, 2.05) is 17.5 Å². The van der Waals surface area contributed by atoms with Gasteiger partial charge in [0.25, 0.3) is 0 Å². The van der Waals surface area contributed by atoms with Gasteiger partial charge >= 0.3 is 0 Å². The summed E-state index contributed by atoms with van der Waals surface area (Å²) in [5.74, 6) is 0. The third kappa shape index (κ3) is 2.28. The van der Waals surface area contributed by atoms with E-state index >= 15 is 0 Å². The first-order valence-corrected chi connectivity index (χ1v) is 5.27. The summed E-state index contributed by atoms with van der Waals surface area (Å²) in [4.78, 5) is 1.02. The van der Waals surface area contributed by atoms with Crippen LogP contribution in [0.3, 0.4) is 0 Å². The molecule has 13 heavy (non-hydrogen) atoms. The fourth-order valence-corrected chi connectivity index (χ4v) is 1.93. The summed E-state index contributed by atoms with van der Waals surface area (Å²) in [5, 5.41) is 14.9. The lowest BCUT2D eigenvalue weighted by Crippen LogP contribution is -2.47. The van der Waals surface area contributed by atoms with Crippen molar-refractivity contribution in [2.24, 2.45) is 0 Å². The average molecular weight is 199 g/mol. The molecule has 1 saturated heterocycles. The Balaban J connectivity index is 1.74. The summed E-state index contributed by atoms with van der Waals surface area (Å²) in [7, 11) is 0. The van der Waals surface area contributed by atoms with Gasteiger partial charge in [0, 0.05) is 11.4 Å². The Morgan fingerprint density at radius 2 is 2.54 bits per heavy atom. The van der Waals surface area contributed by atoms with Gasteiger partial charge in [-0.3, -0.25) is 0 Å². The molecular weight excluding hydrogens is 186 g/mol. The molecule has 0 aromatic carbocycles. The first-order valence-electron chi connectivity index (χ1n) is 4.39. The van der Waals surface area contributed by atoms with Crippen molar-refractivity contribution in [3.05, 3.63) is 22.4 Å². The molecule has 0 aliphatic carbocycles. The van der Waals surface area contributed by atoms with E-state index in [2.05, 4.69) is 5.32 Å². The average Bonchev–Trinajstić information content (AvgIpc) is 2.52. The quantitative estimate of drug-likeness (QED) is 0.752. The van der Waals surface area contributed by atoms with E-state index in [4.69, 9.17) is 4.74 Å². The second-order valence-corrected chi connectivity index (χ2v) is 4.15. The molecule has 0 bridgehead atoms. The van der Waals surface area contributed by atoms with Gasteiger partial charge in [-0.2, -0.15) is 0 Å². The van der Waals surface area contributed by atoms with E-state index < -0.39 is 0 Å². The number of aliphatic hydroxyl groups excluding tert-OH is 1. The van der Waals surface area contributed by atoms with Crippen LogP contribution in [-0.2, 0) is 4.74 Å². The molecule has 0 spiro atoms. The lowest BCUT2D eigenvalue weighted by atomic mass is 10.2. The second kappa shape index (κ2) is 4.19. The molecule has 4 heteroatoms. The van der Waals surface area contributed by atoms with E-state index in [0.717, 1.165) is 18.1 Å². The van der Waals surface area contributed by atoms with Crippen molar-refractivity contribution in [1.82, 2.24) is 5.32 Å². The molecule has 1 fully saturated rings. The number of ether oxygens (including phenoxy) is 1. The third-order valence-electron chi connectivity index (χ3n) is 2.11. The molecule has 1 atom stereocenters. The highest BCUT2D eigenvalue weighted by Gasteiger charge is 2.19. The van der Waals surface area contributed by atoms with Gasteiger partial charge in [0.15, 0.2) is 0 Å². The van der Waals surface area contributed by atoms with Crippen molar-refractivity contribution in [2.45, 2.75) is 12.1 Å². The maximum absolute atomic E-state index is 9.69. The van der Waals surface area contributed by atoms with Crippen molar-refractivity contribution in [3.63, 3.8) is 0 Å². The van der Waals surface area contributed by atoms with Crippen molar-refractivity contribution < 1.29 is 9.84 Å². The maximum Gasteiger partial charge on any atom is 0.101 e. The van der Waals surface area contributed by atoms with Gasteiger partial charge < -0.3 is 15.2 Å². The van der Waals surface area contributed by atoms with Crippen LogP contribution in [0.1, 0.15) is 11.0 Å². The number of thiophene rings is 1. The smallest absolute Gasteiger partial charge is 0.101 e. The van der Waals surface area contributed by atoms with Crippen molar-refractivity contribution >= 4 is 11.3 Å². The van der Waals surface area contributed by atoms with Gasteiger partial charge in [-0.1, -0.05) is 6.07 Å². The van der Waals surface area contributed by atoms with E-state index in [-0.39, 0.29) is 6.10 Å². The highest BCUT2D eigenvalue weighted by molar-refractivity contribution is 7.10. The Bertz CT molecular complexity index is 246. The third-order valence-corrected chi connectivity index (χ3v) is 3.08. The lowest BCUT2D eigenvalue weighted by Gasteiger charge is -2.27. The van der Waals surface area contributed by atoms with Crippen LogP contribution in [0.5, 0.6) is 0 Å². The zero-order valence-electron chi connectivity index (χ0n) is 7.27. The number of aliphatic hydroxyl groups is 1. The first-order chi connectivity index (χ1) is 6.36. The predicted octanol–water partition coefficient (Wildman–Crippen LogP) is 0.770. The summed E-state index contributed by atoms with van der Waals surface area (Å²) in [5.41, 5.74) is 0. The topological polar surface area (TPSA) is 41.5 Å². The summed E-state index contributed by atoms with van der Waals surface area (Å²) >= 11 is 1.59. The zero-order valence-corrected chi connectivity index (χ0v) is 8.09. The molecule has 3 nitrogen and oxygen atoms in total. The summed E-state index contributed by atoms with van der Waals surface area (Å²) in [6.45, 7) is 2.17. The van der Waals surface area contributed by atoms with E-state index in [1.54, 1.807) is 11.3 Å². The van der Waals surface area contributed by atoms with Crippen LogP contribution in [0, 0.1) is 0 Å². The number of hydrogen-bond acceptors (Lipinski definition) is 4. The van der Waals surface area contributed by atoms with E-state index in [9.17, 15) is 5.11 Å². The molecule has 72 valence electrons. The highest BCUT2D eigenvalue weighted by atomic mass is 32.1. The van der Waals surface area contributed by atoms with Crippen molar-refractivity contribution in [2.75, 3.05) is 19.8 Å². The maximum atomic E-state index is 9.69.